The number of carboxylic acid groups (broad SMARTS) is 1. The van der Waals surface area contributed by atoms with Crippen molar-refractivity contribution < 1.29 is 9.90 Å². The summed E-state index contributed by atoms with van der Waals surface area (Å²) < 4.78 is 0. The van der Waals surface area contributed by atoms with Crippen LogP contribution in [0, 0.1) is 5.92 Å². The van der Waals surface area contributed by atoms with Crippen molar-refractivity contribution in [3.8, 4) is 11.4 Å². The lowest BCUT2D eigenvalue weighted by Gasteiger charge is -2.32. The van der Waals surface area contributed by atoms with E-state index in [1.165, 1.54) is 19.3 Å². The number of benzene rings is 1. The summed E-state index contributed by atoms with van der Waals surface area (Å²) in [5.41, 5.74) is 2.04. The van der Waals surface area contributed by atoms with Gasteiger partial charge in [0.05, 0.1) is 0 Å². The fourth-order valence-corrected chi connectivity index (χ4v) is 4.40. The monoisotopic (exact) mass is 325 g/mol. The second-order valence-corrected chi connectivity index (χ2v) is 7.00. The molecule has 2 heterocycles. The fraction of sp³-hybridized carbons (Fsp3) is 0.474. The summed E-state index contributed by atoms with van der Waals surface area (Å²) in [6.45, 7) is 0.637. The Kier molecular flexibility index (Phi) is 4.10. The Morgan fingerprint density at radius 3 is 2.83 bits per heavy atom. The van der Waals surface area contributed by atoms with Gasteiger partial charge in [-0.3, -0.25) is 9.69 Å². The summed E-state index contributed by atoms with van der Waals surface area (Å²) in [5, 5.41) is 9.62. The van der Waals surface area contributed by atoms with Gasteiger partial charge >= 0.3 is 5.97 Å². The molecule has 0 spiro atoms. The third kappa shape index (κ3) is 2.84. The predicted octanol–water partition coefficient (Wildman–Crippen LogP) is 3.29. The normalized spacial score (nSPS) is 27.1. The lowest BCUT2D eigenvalue weighted by molar-refractivity contribution is -0.142. The molecule has 1 aliphatic carbocycles. The highest BCUT2D eigenvalue weighted by atomic mass is 16.4. The second kappa shape index (κ2) is 6.40. The number of carboxylic acids is 1. The molecule has 5 heteroatoms. The molecule has 1 aliphatic heterocycles. The first-order chi connectivity index (χ1) is 11.7. The molecule has 3 unspecified atom stereocenters. The Labute approximate surface area is 141 Å². The van der Waals surface area contributed by atoms with E-state index in [9.17, 15) is 9.90 Å². The van der Waals surface area contributed by atoms with E-state index in [-0.39, 0.29) is 6.04 Å². The molecule has 1 saturated carbocycles. The molecule has 1 aromatic heterocycles. The summed E-state index contributed by atoms with van der Waals surface area (Å²) in [4.78, 5) is 21.7. The number of likely N-dealkylation sites (tertiary alicyclic amines) is 1. The van der Waals surface area contributed by atoms with Crippen LogP contribution in [0.15, 0.2) is 36.5 Å². The Hall–Kier alpha value is -2.14. The topological polar surface area (TPSA) is 69.2 Å². The number of carbonyl (C=O) groups is 1. The van der Waals surface area contributed by atoms with Crippen molar-refractivity contribution >= 4 is 5.97 Å². The highest BCUT2D eigenvalue weighted by molar-refractivity contribution is 5.74. The van der Waals surface area contributed by atoms with Crippen LogP contribution in [0.2, 0.25) is 0 Å². The highest BCUT2D eigenvalue weighted by Gasteiger charge is 2.45. The van der Waals surface area contributed by atoms with Gasteiger partial charge in [0, 0.05) is 30.0 Å². The lowest BCUT2D eigenvalue weighted by Crippen LogP contribution is -2.41. The van der Waals surface area contributed by atoms with Crippen molar-refractivity contribution in [2.24, 2.45) is 5.92 Å². The van der Waals surface area contributed by atoms with E-state index < -0.39 is 5.97 Å². The molecule has 24 heavy (non-hydrogen) atoms. The number of nitrogens with zero attached hydrogens (tertiary/aromatic N) is 2. The Balaban J connectivity index is 1.55. The Bertz CT molecular complexity index is 712. The predicted molar refractivity (Wildman–Crippen MR) is 91.4 cm³/mol. The van der Waals surface area contributed by atoms with Crippen molar-refractivity contribution in [3.63, 3.8) is 0 Å². The van der Waals surface area contributed by atoms with Gasteiger partial charge in [0.15, 0.2) is 0 Å². The van der Waals surface area contributed by atoms with Crippen LogP contribution in [0.1, 0.15) is 37.8 Å². The first kappa shape index (κ1) is 15.4. The number of imidazole rings is 1. The molecule has 0 bridgehead atoms. The van der Waals surface area contributed by atoms with E-state index in [1.54, 1.807) is 0 Å². The van der Waals surface area contributed by atoms with Crippen molar-refractivity contribution in [1.82, 2.24) is 14.9 Å². The molecule has 2 N–H and O–H groups in total. The summed E-state index contributed by atoms with van der Waals surface area (Å²) in [6, 6.07) is 10.1. The summed E-state index contributed by atoms with van der Waals surface area (Å²) in [5.74, 6) is 0.695. The average molecular weight is 325 g/mol. The molecule has 126 valence electrons. The summed E-state index contributed by atoms with van der Waals surface area (Å²) in [7, 11) is 0. The molecule has 4 rings (SSSR count). The van der Waals surface area contributed by atoms with Gasteiger partial charge in [0.2, 0.25) is 0 Å². The van der Waals surface area contributed by atoms with Gasteiger partial charge in [-0.2, -0.15) is 0 Å². The van der Waals surface area contributed by atoms with Crippen LogP contribution < -0.4 is 0 Å². The van der Waals surface area contributed by atoms with E-state index in [4.69, 9.17) is 0 Å². The molecular formula is C19H23N3O2. The Morgan fingerprint density at radius 2 is 2.04 bits per heavy atom. The number of aromatic nitrogens is 2. The van der Waals surface area contributed by atoms with Gasteiger partial charge in [-0.25, -0.2) is 4.98 Å². The van der Waals surface area contributed by atoms with Crippen LogP contribution in [-0.2, 0) is 11.3 Å². The number of aliphatic carboxylic acids is 1. The SMILES string of the molecule is O=C(O)C1CC2CCCCC2N1Cc1cnc(-c2ccccc2)[nH]1. The molecule has 2 aromatic rings. The van der Waals surface area contributed by atoms with Crippen molar-refractivity contribution in [2.75, 3.05) is 0 Å². The molecule has 0 radical (unpaired) electrons. The van der Waals surface area contributed by atoms with E-state index in [0.29, 0.717) is 18.5 Å². The highest BCUT2D eigenvalue weighted by Crippen LogP contribution is 2.40. The molecule has 5 nitrogen and oxygen atoms in total. The van der Waals surface area contributed by atoms with Gasteiger partial charge < -0.3 is 10.1 Å². The first-order valence-corrected chi connectivity index (χ1v) is 8.80. The van der Waals surface area contributed by atoms with E-state index in [1.807, 2.05) is 36.5 Å². The quantitative estimate of drug-likeness (QED) is 0.905. The largest absolute Gasteiger partial charge is 0.480 e. The van der Waals surface area contributed by atoms with E-state index in [0.717, 1.165) is 29.9 Å². The Morgan fingerprint density at radius 1 is 1.25 bits per heavy atom. The minimum absolute atomic E-state index is 0.360. The van der Waals surface area contributed by atoms with Gasteiger partial charge in [-0.05, 0) is 25.2 Å². The molecule has 0 amide bonds. The minimum atomic E-state index is -0.688. The number of H-pyrrole nitrogens is 1. The van der Waals surface area contributed by atoms with Crippen LogP contribution in [0.3, 0.4) is 0 Å². The standard InChI is InChI=1S/C19H23N3O2/c23-19(24)17-10-14-8-4-5-9-16(14)22(17)12-15-11-20-18(21-15)13-6-2-1-3-7-13/h1-3,6-7,11,14,16-17H,4-5,8-10,12H2,(H,20,21)(H,23,24). The number of fused-ring (bicyclic) bond motifs is 1. The zero-order valence-electron chi connectivity index (χ0n) is 13.7. The summed E-state index contributed by atoms with van der Waals surface area (Å²) in [6.07, 6.45) is 7.38. The zero-order valence-corrected chi connectivity index (χ0v) is 13.7. The maximum absolute atomic E-state index is 11.7. The third-order valence-corrected chi connectivity index (χ3v) is 5.53. The maximum Gasteiger partial charge on any atom is 0.320 e. The second-order valence-electron chi connectivity index (χ2n) is 7.00. The van der Waals surface area contributed by atoms with Crippen LogP contribution >= 0.6 is 0 Å². The lowest BCUT2D eigenvalue weighted by atomic mass is 9.85. The van der Waals surface area contributed by atoms with E-state index >= 15 is 0 Å². The maximum atomic E-state index is 11.7. The smallest absolute Gasteiger partial charge is 0.320 e. The molecule has 2 aliphatic rings. The van der Waals surface area contributed by atoms with Gasteiger partial charge in [-0.15, -0.1) is 0 Å². The number of aromatic amines is 1. The van der Waals surface area contributed by atoms with E-state index in [2.05, 4.69) is 14.9 Å². The van der Waals surface area contributed by atoms with Crippen LogP contribution in [-0.4, -0.2) is 38.0 Å². The first-order valence-electron chi connectivity index (χ1n) is 8.80. The molecule has 1 aromatic carbocycles. The number of rotatable bonds is 4. The van der Waals surface area contributed by atoms with Crippen molar-refractivity contribution in [3.05, 3.63) is 42.2 Å². The van der Waals surface area contributed by atoms with Crippen LogP contribution in [0.25, 0.3) is 11.4 Å². The van der Waals surface area contributed by atoms with Crippen molar-refractivity contribution in [1.29, 1.82) is 0 Å². The number of hydrogen-bond acceptors (Lipinski definition) is 3. The number of nitrogens with one attached hydrogen (secondary N) is 1. The fourth-order valence-electron chi connectivity index (χ4n) is 4.40. The molecule has 3 atom stereocenters. The third-order valence-electron chi connectivity index (χ3n) is 5.53. The number of hydrogen-bond donors (Lipinski definition) is 2. The van der Waals surface area contributed by atoms with Gasteiger partial charge in [-0.1, -0.05) is 43.2 Å². The van der Waals surface area contributed by atoms with Crippen LogP contribution in [0.4, 0.5) is 0 Å². The van der Waals surface area contributed by atoms with Crippen molar-refractivity contribution in [2.45, 2.75) is 50.7 Å². The van der Waals surface area contributed by atoms with Crippen LogP contribution in [0.5, 0.6) is 0 Å². The minimum Gasteiger partial charge on any atom is -0.480 e. The van der Waals surface area contributed by atoms with Gasteiger partial charge in [0.25, 0.3) is 0 Å². The zero-order chi connectivity index (χ0) is 16.5. The molecular weight excluding hydrogens is 302 g/mol. The molecule has 1 saturated heterocycles. The van der Waals surface area contributed by atoms with Gasteiger partial charge in [0.1, 0.15) is 11.9 Å². The average Bonchev–Trinajstić information content (AvgIpc) is 3.21. The molecule has 2 fully saturated rings. The summed E-state index contributed by atoms with van der Waals surface area (Å²) >= 11 is 0.